The number of aliphatic hydroxyl groups excluding tert-OH is 1. The number of rotatable bonds is 27. The summed E-state index contributed by atoms with van der Waals surface area (Å²) < 4.78 is 87.5. The van der Waals surface area contributed by atoms with Crippen molar-refractivity contribution in [2.45, 2.75) is 24.3 Å². The number of aldehydes is 3. The van der Waals surface area contributed by atoms with E-state index in [1.165, 1.54) is 89.1 Å². The van der Waals surface area contributed by atoms with Crippen LogP contribution in [-0.2, 0) is 36.1 Å². The van der Waals surface area contributed by atoms with Crippen molar-refractivity contribution in [3.63, 3.8) is 0 Å². The molecule has 0 saturated heterocycles. The van der Waals surface area contributed by atoms with Crippen LogP contribution in [0.3, 0.4) is 0 Å². The first-order valence-electron chi connectivity index (χ1n) is 32.4. The minimum absolute atomic E-state index is 0.0508. The Morgan fingerprint density at radius 2 is 0.782 bits per heavy atom. The smallest absolute Gasteiger partial charge is 0.305 e. The van der Waals surface area contributed by atoms with E-state index in [2.05, 4.69) is 57.2 Å². The van der Waals surface area contributed by atoms with Gasteiger partial charge in [-0.05, 0) is 108 Å². The molecule has 0 spiro atoms. The SMILES string of the molecule is CO/N=C(\CBr)c1ccccc1.CO/N=C(\COc1ccc(C=O)cc1F)c1ccccc1.CO/N=C(\COc1ccc(CBr)cc1F)c1ccccc1.CO/N=C(\COc1ccc(CO)cc1F)c1ccccc1.COc1ccc(C=O)cc1F.N#CC(CC(=O)O)c1ccc(O)cc1.O=Cc1ccc(O)c(F)c1. The Balaban J connectivity index is 0.000000276. The number of carboxylic acid groups (broad SMARTS) is 1. The van der Waals surface area contributed by atoms with Gasteiger partial charge in [-0.3, -0.25) is 19.2 Å². The second-order valence-electron chi connectivity index (χ2n) is 21.7. The Bertz CT molecular complexity index is 4520. The molecule has 0 aliphatic rings. The van der Waals surface area contributed by atoms with Crippen molar-refractivity contribution < 1.29 is 99.9 Å². The summed E-state index contributed by atoms with van der Waals surface area (Å²) in [5.41, 5.74) is 8.95. The van der Waals surface area contributed by atoms with E-state index in [9.17, 15) is 41.1 Å². The van der Waals surface area contributed by atoms with Crippen molar-refractivity contribution in [2.75, 3.05) is 60.7 Å². The van der Waals surface area contributed by atoms with Crippen molar-refractivity contribution in [1.29, 1.82) is 5.26 Å². The molecule has 21 nitrogen and oxygen atoms in total. The molecule has 0 aliphatic carbocycles. The van der Waals surface area contributed by atoms with Crippen molar-refractivity contribution in [1.82, 2.24) is 0 Å². The van der Waals surface area contributed by atoms with E-state index in [1.807, 2.05) is 133 Å². The van der Waals surface area contributed by atoms with Gasteiger partial charge in [0.25, 0.3) is 0 Å². The van der Waals surface area contributed by atoms with Crippen LogP contribution in [-0.4, -0.2) is 129 Å². The van der Waals surface area contributed by atoms with E-state index in [-0.39, 0.29) is 72.7 Å². The molecule has 1 atom stereocenters. The number of hydrogen-bond acceptors (Lipinski definition) is 20. The van der Waals surface area contributed by atoms with Gasteiger partial charge in [-0.1, -0.05) is 198 Å². The summed E-state index contributed by atoms with van der Waals surface area (Å²) in [6.07, 6.45) is 1.46. The van der Waals surface area contributed by atoms with Crippen molar-refractivity contribution in [3.05, 3.63) is 321 Å². The Morgan fingerprint density at radius 1 is 0.445 bits per heavy atom. The lowest BCUT2D eigenvalue weighted by molar-refractivity contribution is -0.137. The molecule has 0 amide bonds. The van der Waals surface area contributed by atoms with Crippen LogP contribution in [0.25, 0.3) is 0 Å². The van der Waals surface area contributed by atoms with Gasteiger partial charge in [0, 0.05) is 49.6 Å². The van der Waals surface area contributed by atoms with E-state index in [0.29, 0.717) is 63.3 Å². The topological polar surface area (TPSA) is 296 Å². The van der Waals surface area contributed by atoms with Gasteiger partial charge in [0.05, 0.1) is 37.8 Å². The van der Waals surface area contributed by atoms with E-state index < -0.39 is 46.7 Å². The zero-order valence-corrected chi connectivity index (χ0v) is 63.0. The number of methoxy groups -OCH3 is 1. The zero-order chi connectivity index (χ0) is 80.4. The Morgan fingerprint density at radius 3 is 1.10 bits per heavy atom. The molecule has 0 bridgehead atoms. The lowest BCUT2D eigenvalue weighted by Gasteiger charge is -2.10. The highest BCUT2D eigenvalue weighted by Gasteiger charge is 2.16. The summed E-state index contributed by atoms with van der Waals surface area (Å²) in [6.45, 7) is 0.0441. The Labute approximate surface area is 648 Å². The first kappa shape index (κ1) is 89.8. The van der Waals surface area contributed by atoms with Gasteiger partial charge in [-0.25, -0.2) is 22.0 Å². The summed E-state index contributed by atoms with van der Waals surface area (Å²) in [7, 11) is 7.26. The second kappa shape index (κ2) is 51.6. The maximum atomic E-state index is 13.9. The Kier molecular flexibility index (Phi) is 42.1. The minimum Gasteiger partial charge on any atom is -0.508 e. The average Bonchev–Trinajstić information content (AvgIpc) is 0.872. The molecular formula is C82H76Br2F5N5O16. The third-order valence-corrected chi connectivity index (χ3v) is 15.3. The minimum atomic E-state index is -1.01. The molecule has 0 saturated carbocycles. The fourth-order valence-corrected chi connectivity index (χ4v) is 9.50. The van der Waals surface area contributed by atoms with Gasteiger partial charge in [0.2, 0.25) is 0 Å². The largest absolute Gasteiger partial charge is 0.508 e. The highest BCUT2D eigenvalue weighted by atomic mass is 79.9. The number of aromatic hydroxyl groups is 2. The number of alkyl halides is 2. The lowest BCUT2D eigenvalue weighted by atomic mass is 9.97. The number of hydrogen-bond donors (Lipinski definition) is 4. The van der Waals surface area contributed by atoms with Crippen LogP contribution in [0.1, 0.15) is 82.4 Å². The Hall–Kier alpha value is -12.6. The van der Waals surface area contributed by atoms with Crippen LogP contribution < -0.4 is 18.9 Å². The summed E-state index contributed by atoms with van der Waals surface area (Å²) in [5.74, 6) is -4.30. The van der Waals surface area contributed by atoms with Crippen LogP contribution in [0.5, 0.6) is 34.5 Å². The molecule has 0 aliphatic heterocycles. The van der Waals surface area contributed by atoms with Crippen molar-refractivity contribution in [3.8, 4) is 40.6 Å². The van der Waals surface area contributed by atoms with Crippen molar-refractivity contribution in [2.24, 2.45) is 20.6 Å². The monoisotopic (exact) mass is 1640 g/mol. The number of aliphatic carboxylic acids is 1. The standard InChI is InChI=1S/C16H15BrFNO2.C16H16FNO3.C16H14FNO3.C10H9NO3.C9H10BrNO.C8H7FO2.C7H5FO2/c1-20-19-15(13-5-3-2-4-6-13)11-21-16-8-7-12(10-17)9-14(16)18;2*1-20-18-15(13-5-3-2-4-6-13)11-21-16-8-7-12(10-19)9-14(16)17;11-6-8(5-10(13)14)7-1-3-9(12)4-2-7;1-12-11-9(7-10)8-5-3-2-4-6-8;1-11-8-3-2-6(5-10)4-7(8)9;8-6-3-5(4-9)1-2-7(6)10/h2-9H,10-11H2,1H3;2-9,19H,10-11H2,1H3;2-10H,11H2,1H3;1-4,8,12H,5H2,(H,13,14);2-6H,7H2,1H3;2-5H,1H3;1-4,10H/b19-15+;2*18-15+;;11-9+;;. The molecule has 10 aromatic carbocycles. The van der Waals surface area contributed by atoms with Gasteiger partial charge in [0.1, 0.15) is 90.0 Å². The number of nitriles is 1. The maximum Gasteiger partial charge on any atom is 0.305 e. The number of aliphatic hydroxyl groups is 1. The number of oxime groups is 4. The van der Waals surface area contributed by atoms with Crippen LogP contribution in [0.4, 0.5) is 22.0 Å². The number of halogens is 7. The number of ether oxygens (including phenoxy) is 4. The molecule has 1 unspecified atom stereocenters. The fourth-order valence-electron chi connectivity index (χ4n) is 8.73. The van der Waals surface area contributed by atoms with E-state index >= 15 is 0 Å². The van der Waals surface area contributed by atoms with Crippen LogP contribution in [0.15, 0.2) is 257 Å². The number of phenolic OH excluding ortho intramolecular Hbond substituents is 2. The molecule has 574 valence electrons. The van der Waals surface area contributed by atoms with Gasteiger partial charge in [-0.2, -0.15) is 5.26 Å². The molecule has 0 heterocycles. The average molecular weight is 1640 g/mol. The summed E-state index contributed by atoms with van der Waals surface area (Å²) in [6, 6.07) is 66.7. The lowest BCUT2D eigenvalue weighted by Crippen LogP contribution is -2.14. The number of carbonyl (C=O) groups is 4. The quantitative estimate of drug-likeness (QED) is 0.0122. The molecule has 28 heteroatoms. The number of phenols is 2. The zero-order valence-electron chi connectivity index (χ0n) is 59.8. The van der Waals surface area contributed by atoms with Crippen LogP contribution in [0.2, 0.25) is 0 Å². The number of benzene rings is 10. The predicted molar refractivity (Wildman–Crippen MR) is 414 cm³/mol. The van der Waals surface area contributed by atoms with E-state index in [1.54, 1.807) is 31.4 Å². The molecule has 0 aromatic heterocycles. The molecule has 4 N–H and O–H groups in total. The highest BCUT2D eigenvalue weighted by Crippen LogP contribution is 2.25. The first-order valence-corrected chi connectivity index (χ1v) is 34.7. The molecular weight excluding hydrogens is 1570 g/mol. The van der Waals surface area contributed by atoms with Crippen molar-refractivity contribution >= 4 is 79.5 Å². The molecule has 0 radical (unpaired) electrons. The fraction of sp³-hybridized carbons (Fsp3) is 0.159. The van der Waals surface area contributed by atoms with E-state index in [4.69, 9.17) is 59.2 Å². The maximum absolute atomic E-state index is 13.9. The van der Waals surface area contributed by atoms with Crippen LogP contribution >= 0.6 is 31.9 Å². The first-order chi connectivity index (χ1) is 53.2. The highest BCUT2D eigenvalue weighted by molar-refractivity contribution is 9.09. The second-order valence-corrected chi connectivity index (χ2v) is 22.8. The van der Waals surface area contributed by atoms with Gasteiger partial charge in [0.15, 0.2) is 57.8 Å². The van der Waals surface area contributed by atoms with Gasteiger partial charge < -0.3 is 58.7 Å². The number of nitrogens with zero attached hydrogens (tertiary/aromatic N) is 5. The molecule has 0 fully saturated rings. The molecule has 10 aromatic rings. The predicted octanol–water partition coefficient (Wildman–Crippen LogP) is 16.9. The third kappa shape index (κ3) is 32.6. The summed E-state index contributed by atoms with van der Waals surface area (Å²) in [4.78, 5) is 60.2. The van der Waals surface area contributed by atoms with Gasteiger partial charge in [-0.15, -0.1) is 0 Å². The number of carboxylic acids is 1. The molecule has 110 heavy (non-hydrogen) atoms. The number of carbonyl (C=O) groups excluding carboxylic acids is 3. The summed E-state index contributed by atoms with van der Waals surface area (Å²) >= 11 is 6.63. The van der Waals surface area contributed by atoms with Gasteiger partial charge >= 0.3 is 5.97 Å². The third-order valence-electron chi connectivity index (χ3n) is 14.1. The molecule has 10 rings (SSSR count). The van der Waals surface area contributed by atoms with Crippen LogP contribution in [0, 0.1) is 40.4 Å². The summed E-state index contributed by atoms with van der Waals surface area (Å²) in [5, 5.41) is 60.7. The van der Waals surface area contributed by atoms with E-state index in [0.717, 1.165) is 57.8 Å². The normalized spacial score (nSPS) is 10.9.